The Morgan fingerprint density at radius 3 is 1.57 bits per heavy atom. The van der Waals surface area contributed by atoms with Gasteiger partial charge in [0.05, 0.1) is 50.9 Å². The Bertz CT molecular complexity index is 3250. The molecule has 0 spiro atoms. The molecular weight excluding hydrogens is 647 g/mol. The normalized spacial score (nSPS) is 11.8. The average Bonchev–Trinajstić information content (AvgIpc) is 3.85. The van der Waals surface area contributed by atoms with E-state index in [4.69, 9.17) is 0 Å². The van der Waals surface area contributed by atoms with Gasteiger partial charge in [-0.3, -0.25) is 4.98 Å². The van der Waals surface area contributed by atoms with Crippen molar-refractivity contribution in [2.75, 3.05) is 0 Å². The number of nitrogens with zero attached hydrogens (tertiary/aromatic N) is 5. The van der Waals surface area contributed by atoms with Gasteiger partial charge in [0, 0.05) is 55.6 Å². The topological polar surface area (TPSA) is 51.5 Å². The summed E-state index contributed by atoms with van der Waals surface area (Å²) in [6.45, 7) is 0. The Labute approximate surface area is 304 Å². The van der Waals surface area contributed by atoms with Crippen molar-refractivity contribution in [2.24, 2.45) is 0 Å². The molecule has 4 heterocycles. The summed E-state index contributed by atoms with van der Waals surface area (Å²) in [6, 6.07) is 60.3. The minimum absolute atomic E-state index is 0.614. The van der Waals surface area contributed by atoms with Gasteiger partial charge in [0.1, 0.15) is 0 Å². The Hall–Kier alpha value is -7.42. The van der Waals surface area contributed by atoms with Crippen LogP contribution in [-0.2, 0) is 0 Å². The molecule has 0 saturated heterocycles. The molecule has 246 valence electrons. The zero-order valence-electron chi connectivity index (χ0n) is 28.5. The fourth-order valence-electron chi connectivity index (χ4n) is 8.46. The number of nitriles is 1. The Balaban J connectivity index is 1.14. The largest absolute Gasteiger partial charge is 0.309 e. The van der Waals surface area contributed by atoms with Crippen LogP contribution in [0, 0.1) is 11.3 Å². The number of pyridine rings is 1. The molecule has 0 radical (unpaired) electrons. The second-order valence-corrected chi connectivity index (χ2v) is 13.6. The summed E-state index contributed by atoms with van der Waals surface area (Å²) in [7, 11) is 0. The molecule has 7 aromatic carbocycles. The number of rotatable bonds is 4. The maximum absolute atomic E-state index is 10.3. The van der Waals surface area contributed by atoms with Crippen LogP contribution in [0.4, 0.5) is 0 Å². The second-order valence-electron chi connectivity index (χ2n) is 13.6. The highest BCUT2D eigenvalue weighted by Gasteiger charge is 2.19. The van der Waals surface area contributed by atoms with E-state index < -0.39 is 0 Å². The van der Waals surface area contributed by atoms with Gasteiger partial charge in [0.15, 0.2) is 0 Å². The number of aromatic nitrogens is 4. The molecule has 5 heteroatoms. The van der Waals surface area contributed by atoms with Crippen LogP contribution in [0.2, 0.25) is 0 Å². The van der Waals surface area contributed by atoms with Crippen LogP contribution in [0.1, 0.15) is 5.56 Å². The summed E-state index contributed by atoms with van der Waals surface area (Å²) < 4.78 is 6.97. The molecule has 53 heavy (non-hydrogen) atoms. The third-order valence-electron chi connectivity index (χ3n) is 10.7. The Kier molecular flexibility index (Phi) is 6.25. The fraction of sp³-hybridized carbons (Fsp3) is 0. The van der Waals surface area contributed by atoms with E-state index in [0.29, 0.717) is 5.56 Å². The van der Waals surface area contributed by atoms with E-state index in [1.807, 2.05) is 24.5 Å². The highest BCUT2D eigenvalue weighted by molar-refractivity contribution is 6.19. The summed E-state index contributed by atoms with van der Waals surface area (Å²) in [4.78, 5) is 4.59. The Morgan fingerprint density at radius 2 is 0.906 bits per heavy atom. The van der Waals surface area contributed by atoms with Gasteiger partial charge in [-0.1, -0.05) is 84.9 Å². The molecule has 0 bridgehead atoms. The molecule has 0 aliphatic carbocycles. The van der Waals surface area contributed by atoms with Gasteiger partial charge in [0.2, 0.25) is 0 Å². The molecule has 5 nitrogen and oxygen atoms in total. The second kappa shape index (κ2) is 11.3. The molecule has 0 aliphatic heterocycles. The van der Waals surface area contributed by atoms with E-state index in [2.05, 4.69) is 176 Å². The van der Waals surface area contributed by atoms with Crippen LogP contribution in [0.5, 0.6) is 0 Å². The fourth-order valence-corrected chi connectivity index (χ4v) is 8.46. The minimum Gasteiger partial charge on any atom is -0.309 e. The van der Waals surface area contributed by atoms with Crippen molar-refractivity contribution in [1.82, 2.24) is 18.7 Å². The molecule has 0 atom stereocenters. The molecule has 0 fully saturated rings. The van der Waals surface area contributed by atoms with Gasteiger partial charge < -0.3 is 13.7 Å². The molecule has 0 N–H and O–H groups in total. The van der Waals surface area contributed by atoms with Crippen LogP contribution >= 0.6 is 0 Å². The summed E-state index contributed by atoms with van der Waals surface area (Å²) in [5.74, 6) is 0. The number of benzene rings is 7. The van der Waals surface area contributed by atoms with Gasteiger partial charge in [-0.2, -0.15) is 5.26 Å². The lowest BCUT2D eigenvalue weighted by atomic mass is 10.0. The van der Waals surface area contributed by atoms with Gasteiger partial charge in [0.25, 0.3) is 0 Å². The van der Waals surface area contributed by atoms with E-state index in [9.17, 15) is 5.26 Å². The van der Waals surface area contributed by atoms with Gasteiger partial charge in [-0.05, 0) is 90.0 Å². The lowest BCUT2D eigenvalue weighted by Crippen LogP contribution is -1.97. The van der Waals surface area contributed by atoms with Crippen molar-refractivity contribution in [2.45, 2.75) is 0 Å². The maximum atomic E-state index is 10.3. The number of para-hydroxylation sites is 4. The van der Waals surface area contributed by atoms with Gasteiger partial charge >= 0.3 is 0 Å². The van der Waals surface area contributed by atoms with Gasteiger partial charge in [-0.25, -0.2) is 0 Å². The predicted octanol–water partition coefficient (Wildman–Crippen LogP) is 11.9. The number of hydrogen-bond acceptors (Lipinski definition) is 2. The lowest BCUT2D eigenvalue weighted by Gasteiger charge is -2.13. The predicted molar refractivity (Wildman–Crippen MR) is 217 cm³/mol. The van der Waals surface area contributed by atoms with E-state index in [0.717, 1.165) is 55.6 Å². The first-order chi connectivity index (χ1) is 26.2. The SMILES string of the molecule is N#Cc1cc(-c2cccc(-n3c4cnccc4c4cc5c(cc43)c3ccccc3n5-c3ccccc3)c2)cc(-n2c3ccccc3c3ccccc32)c1. The highest BCUT2D eigenvalue weighted by atomic mass is 15.0. The third-order valence-corrected chi connectivity index (χ3v) is 10.7. The molecule has 0 saturated carbocycles. The van der Waals surface area contributed by atoms with Crippen molar-refractivity contribution in [3.05, 3.63) is 182 Å². The summed E-state index contributed by atoms with van der Waals surface area (Å²) in [5, 5.41) is 17.4. The van der Waals surface area contributed by atoms with Crippen LogP contribution < -0.4 is 0 Å². The molecule has 0 aliphatic rings. The van der Waals surface area contributed by atoms with Crippen molar-refractivity contribution < 1.29 is 0 Å². The average molecular weight is 676 g/mol. The number of fused-ring (bicyclic) bond motifs is 9. The first-order valence-electron chi connectivity index (χ1n) is 17.8. The smallest absolute Gasteiger partial charge is 0.0992 e. The van der Waals surface area contributed by atoms with Crippen LogP contribution in [0.25, 0.3) is 93.6 Å². The summed E-state index contributed by atoms with van der Waals surface area (Å²) >= 11 is 0. The van der Waals surface area contributed by atoms with Crippen molar-refractivity contribution in [3.63, 3.8) is 0 Å². The minimum atomic E-state index is 0.614. The Morgan fingerprint density at radius 1 is 0.377 bits per heavy atom. The molecule has 4 aromatic heterocycles. The molecule has 0 amide bonds. The highest BCUT2D eigenvalue weighted by Crippen LogP contribution is 2.40. The van der Waals surface area contributed by atoms with Crippen molar-refractivity contribution in [3.8, 4) is 34.3 Å². The zero-order valence-corrected chi connectivity index (χ0v) is 28.5. The quantitative estimate of drug-likeness (QED) is 0.186. The van der Waals surface area contributed by atoms with E-state index in [1.165, 1.54) is 38.0 Å². The summed E-state index contributed by atoms with van der Waals surface area (Å²) in [5.41, 5.74) is 12.5. The number of hydrogen-bond donors (Lipinski definition) is 0. The van der Waals surface area contributed by atoms with Gasteiger partial charge in [-0.15, -0.1) is 0 Å². The monoisotopic (exact) mass is 675 g/mol. The first-order valence-corrected chi connectivity index (χ1v) is 17.8. The van der Waals surface area contributed by atoms with Crippen LogP contribution in [-0.4, -0.2) is 18.7 Å². The molecular formula is C48H29N5. The zero-order chi connectivity index (χ0) is 35.0. The van der Waals surface area contributed by atoms with Crippen LogP contribution in [0.3, 0.4) is 0 Å². The van der Waals surface area contributed by atoms with E-state index in [-0.39, 0.29) is 0 Å². The van der Waals surface area contributed by atoms with E-state index >= 15 is 0 Å². The van der Waals surface area contributed by atoms with E-state index in [1.54, 1.807) is 0 Å². The lowest BCUT2D eigenvalue weighted by molar-refractivity contribution is 1.16. The maximum Gasteiger partial charge on any atom is 0.0992 e. The summed E-state index contributed by atoms with van der Waals surface area (Å²) in [6.07, 6.45) is 3.84. The molecule has 11 rings (SSSR count). The standard InChI is InChI=1S/C48H29N5/c49-29-31-23-33(26-36(24-31)53-43-18-7-4-15-37(43)38-16-5-8-19-44(38)53)32-11-10-14-35(25-32)52-47-27-41-39-17-6-9-20-45(39)51(34-12-2-1-3-13-34)46(41)28-42(47)40-21-22-50-30-48(40)52/h1-28,30H. The third kappa shape index (κ3) is 4.33. The van der Waals surface area contributed by atoms with Crippen molar-refractivity contribution in [1.29, 1.82) is 5.26 Å². The molecule has 11 aromatic rings. The van der Waals surface area contributed by atoms with Crippen LogP contribution in [0.15, 0.2) is 176 Å². The first kappa shape index (κ1) is 29.3. The molecule has 0 unspecified atom stereocenters. The van der Waals surface area contributed by atoms with Crippen molar-refractivity contribution >= 4 is 65.4 Å².